The number of fused-ring (bicyclic) bond motifs is 1. The predicted molar refractivity (Wildman–Crippen MR) is 237 cm³/mol. The average Bonchev–Trinajstić information content (AvgIpc) is 3.50. The molecule has 6 rings (SSSR count). The molecule has 2 aliphatic rings. The third-order valence-corrected chi connectivity index (χ3v) is 12.8. The summed E-state index contributed by atoms with van der Waals surface area (Å²) in [6, 6.07) is 12.1. The predicted octanol–water partition coefficient (Wildman–Crippen LogP) is 6.50. The van der Waals surface area contributed by atoms with Crippen LogP contribution in [-0.2, 0) is 24.4 Å². The molecule has 4 aromatic rings. The number of benzene rings is 3. The third kappa shape index (κ3) is 11.7. The highest BCUT2D eigenvalue weighted by atomic mass is 79.9. The van der Waals surface area contributed by atoms with Gasteiger partial charge in [-0.25, -0.2) is 22.5 Å². The lowest BCUT2D eigenvalue weighted by molar-refractivity contribution is -0.136. The van der Waals surface area contributed by atoms with Crippen LogP contribution in [0.15, 0.2) is 70.2 Å². The van der Waals surface area contributed by atoms with E-state index in [4.69, 9.17) is 10.5 Å². The molecule has 64 heavy (non-hydrogen) atoms. The molecule has 6 N–H and O–H groups in total. The number of carbonyl (C=O) groups is 6. The van der Waals surface area contributed by atoms with Crippen molar-refractivity contribution in [1.82, 2.24) is 24.9 Å². The Balaban J connectivity index is 0.835. The van der Waals surface area contributed by atoms with Crippen molar-refractivity contribution in [2.24, 2.45) is 5.73 Å². The summed E-state index contributed by atoms with van der Waals surface area (Å²) in [6.07, 6.45) is 9.90. The number of rotatable bonds is 23. The topological polar surface area (TPSA) is 249 Å². The van der Waals surface area contributed by atoms with E-state index in [1.54, 1.807) is 25.1 Å². The molecule has 1 aromatic heterocycles. The number of ketones is 1. The van der Waals surface area contributed by atoms with Crippen LogP contribution in [0, 0.1) is 12.7 Å². The summed E-state index contributed by atoms with van der Waals surface area (Å²) < 4.78 is 49.2. The monoisotopic (exact) mass is 962 g/mol. The fourth-order valence-corrected chi connectivity index (χ4v) is 8.84. The summed E-state index contributed by atoms with van der Waals surface area (Å²) in [4.78, 5) is 84.2. The fourth-order valence-electron chi connectivity index (χ4n) is 7.39. The number of halogens is 2. The molecule has 0 spiro atoms. The Hall–Kier alpha value is -6.12. The second-order valence-corrected chi connectivity index (χ2v) is 18.0. The lowest BCUT2D eigenvalue weighted by atomic mass is 10.0. The number of sulfonamides is 1. The van der Waals surface area contributed by atoms with Gasteiger partial charge in [0.15, 0.2) is 5.78 Å². The van der Waals surface area contributed by atoms with Crippen molar-refractivity contribution in [3.05, 3.63) is 93.3 Å². The molecule has 338 valence electrons. The maximum absolute atomic E-state index is 14.3. The van der Waals surface area contributed by atoms with E-state index in [0.29, 0.717) is 41.5 Å². The Kier molecular flexibility index (Phi) is 15.9. The number of piperidine rings is 1. The molecule has 2 aliphatic heterocycles. The molecule has 3 aromatic carbocycles. The second-order valence-electron chi connectivity index (χ2n) is 15.4. The highest BCUT2D eigenvalue weighted by Crippen LogP contribution is 2.34. The van der Waals surface area contributed by atoms with E-state index in [1.807, 2.05) is 0 Å². The molecular formula is C44H48BrFN8O9S. The smallest absolute Gasteiger partial charge is 0.266 e. The molecule has 0 radical (unpaired) electrons. The molecule has 1 unspecified atom stereocenters. The van der Waals surface area contributed by atoms with Crippen molar-refractivity contribution in [3.63, 3.8) is 0 Å². The molecule has 0 bridgehead atoms. The van der Waals surface area contributed by atoms with Crippen LogP contribution in [0.4, 0.5) is 27.5 Å². The van der Waals surface area contributed by atoms with E-state index in [-0.39, 0.29) is 70.0 Å². The maximum Gasteiger partial charge on any atom is 0.266 e. The largest absolute Gasteiger partial charge is 0.485 e. The van der Waals surface area contributed by atoms with Crippen molar-refractivity contribution < 1.29 is 46.3 Å². The highest BCUT2D eigenvalue weighted by molar-refractivity contribution is 9.10. The lowest BCUT2D eigenvalue weighted by Gasteiger charge is -2.27. The number of carbonyl (C=O) groups excluding carboxylic acids is 6. The van der Waals surface area contributed by atoms with Crippen LogP contribution in [0.5, 0.6) is 5.75 Å². The summed E-state index contributed by atoms with van der Waals surface area (Å²) >= 11 is 3.35. The van der Waals surface area contributed by atoms with Crippen LogP contribution < -0.4 is 31.1 Å². The van der Waals surface area contributed by atoms with Crippen LogP contribution in [0.2, 0.25) is 0 Å². The minimum absolute atomic E-state index is 0.00721. The number of hydrogen-bond acceptors (Lipinski definition) is 13. The molecule has 1 atom stereocenters. The third-order valence-electron chi connectivity index (χ3n) is 10.8. The Labute approximate surface area is 377 Å². The first-order valence-corrected chi connectivity index (χ1v) is 23.2. The zero-order chi connectivity index (χ0) is 46.0. The van der Waals surface area contributed by atoms with E-state index in [2.05, 4.69) is 46.6 Å². The van der Waals surface area contributed by atoms with Gasteiger partial charge in [0.05, 0.1) is 31.7 Å². The number of primary amides is 1. The molecule has 5 amide bonds. The number of unbranched alkanes of at least 4 members (excludes halogenated alkanes) is 8. The SMILES string of the molecule is Cc1cc(S(=O)(=O)NCCCCCCCCCCCC(=O)COc2cccc3c2C(=O)N(C2CCC(=O)NC2=O)C3=O)ccc1Nc1ncc(Br)c(Nc2cccc(F)c2C(N)=O)n1. The van der Waals surface area contributed by atoms with Gasteiger partial charge in [-0.2, -0.15) is 4.98 Å². The minimum Gasteiger partial charge on any atom is -0.485 e. The number of nitrogens with one attached hydrogen (secondary N) is 4. The summed E-state index contributed by atoms with van der Waals surface area (Å²) in [6.45, 7) is 1.78. The number of nitrogens with zero attached hydrogens (tertiary/aromatic N) is 3. The van der Waals surface area contributed by atoms with Gasteiger partial charge in [0.25, 0.3) is 17.7 Å². The van der Waals surface area contributed by atoms with Crippen molar-refractivity contribution in [1.29, 1.82) is 0 Å². The Bertz CT molecular complexity index is 2580. The van der Waals surface area contributed by atoms with Crippen molar-refractivity contribution in [2.45, 2.75) is 94.9 Å². The van der Waals surface area contributed by atoms with Gasteiger partial charge in [0.1, 0.15) is 30.0 Å². The Morgan fingerprint density at radius 1 is 0.922 bits per heavy atom. The highest BCUT2D eigenvalue weighted by Gasteiger charge is 2.46. The second kappa shape index (κ2) is 21.5. The molecule has 1 saturated heterocycles. The van der Waals surface area contributed by atoms with Gasteiger partial charge in [-0.15, -0.1) is 0 Å². The van der Waals surface area contributed by atoms with Gasteiger partial charge in [-0.1, -0.05) is 57.1 Å². The van der Waals surface area contributed by atoms with Gasteiger partial charge in [-0.3, -0.25) is 39.0 Å². The number of hydrogen-bond donors (Lipinski definition) is 5. The number of aromatic nitrogens is 2. The Morgan fingerprint density at radius 2 is 1.62 bits per heavy atom. The van der Waals surface area contributed by atoms with Crippen molar-refractivity contribution in [3.8, 4) is 5.75 Å². The molecular weight excluding hydrogens is 915 g/mol. The lowest BCUT2D eigenvalue weighted by Crippen LogP contribution is -2.54. The number of aryl methyl sites for hydroxylation is 1. The first-order chi connectivity index (χ1) is 30.6. The number of Topliss-reactive ketones (excluding diaryl/α,β-unsaturated/α-hetero) is 1. The average molecular weight is 964 g/mol. The number of anilines is 4. The van der Waals surface area contributed by atoms with Crippen LogP contribution in [-0.4, -0.2) is 77.8 Å². The quantitative estimate of drug-likeness (QED) is 0.0394. The van der Waals surface area contributed by atoms with Gasteiger partial charge in [-0.05, 0) is 90.1 Å². The van der Waals surface area contributed by atoms with E-state index in [1.165, 1.54) is 36.5 Å². The number of nitrogens with two attached hydrogens (primary N) is 1. The Morgan fingerprint density at radius 3 is 2.33 bits per heavy atom. The van der Waals surface area contributed by atoms with Crippen LogP contribution >= 0.6 is 15.9 Å². The molecule has 3 heterocycles. The molecule has 17 nitrogen and oxygen atoms in total. The van der Waals surface area contributed by atoms with Gasteiger partial charge >= 0.3 is 0 Å². The van der Waals surface area contributed by atoms with E-state index in [9.17, 15) is 41.6 Å². The normalized spacial score (nSPS) is 14.9. The zero-order valence-electron chi connectivity index (χ0n) is 35.0. The molecule has 1 fully saturated rings. The summed E-state index contributed by atoms with van der Waals surface area (Å²) in [5, 5.41) is 8.13. The van der Waals surface area contributed by atoms with Gasteiger partial charge in [0, 0.05) is 31.3 Å². The first-order valence-electron chi connectivity index (χ1n) is 20.9. The van der Waals surface area contributed by atoms with Crippen molar-refractivity contribution in [2.75, 3.05) is 23.8 Å². The summed E-state index contributed by atoms with van der Waals surface area (Å²) in [5.41, 5.74) is 6.45. The van der Waals surface area contributed by atoms with Gasteiger partial charge in [0.2, 0.25) is 27.8 Å². The number of amides is 5. The van der Waals surface area contributed by atoms with Crippen LogP contribution in [0.25, 0.3) is 0 Å². The summed E-state index contributed by atoms with van der Waals surface area (Å²) in [5.74, 6) is -3.87. The first kappa shape index (κ1) is 47.4. The van der Waals surface area contributed by atoms with Crippen molar-refractivity contribution >= 4 is 84.4 Å². The van der Waals surface area contributed by atoms with E-state index < -0.39 is 51.4 Å². The van der Waals surface area contributed by atoms with Gasteiger partial charge < -0.3 is 21.1 Å². The maximum atomic E-state index is 14.3. The molecule has 20 heteroatoms. The summed E-state index contributed by atoms with van der Waals surface area (Å²) in [7, 11) is -3.76. The van der Waals surface area contributed by atoms with E-state index in [0.717, 1.165) is 55.9 Å². The fraction of sp³-hybridized carbons (Fsp3) is 0.364. The van der Waals surface area contributed by atoms with E-state index >= 15 is 0 Å². The zero-order valence-corrected chi connectivity index (χ0v) is 37.4. The minimum atomic E-state index is -3.76. The number of imide groups is 2. The standard InChI is InChI=1S/C44H48BrFN8O9S/c1-26-23-28(18-19-32(26)51-44-48-24-30(45)40(53-44)50-33-16-12-15-31(46)38(33)39(47)57)64(61,62)49-22-10-8-6-4-2-3-5-7-9-13-27(55)25-63-35-17-11-14-29-37(35)43(60)54(42(29)59)34-20-21-36(56)52-41(34)58/h11-12,14-19,23-24,34,49H,2-10,13,20-22,25H2,1H3,(H2,47,57)(H,52,56,58)(H2,48,50,51,53). The number of ether oxygens (including phenoxy) is 1. The van der Waals surface area contributed by atoms with Crippen LogP contribution in [0.1, 0.15) is 114 Å². The van der Waals surface area contributed by atoms with Crippen LogP contribution in [0.3, 0.4) is 0 Å². The molecule has 0 aliphatic carbocycles. The molecule has 0 saturated carbocycles.